The van der Waals surface area contributed by atoms with Gasteiger partial charge in [0.05, 0.1) is 30.7 Å². The molecule has 3 heterocycles. The van der Waals surface area contributed by atoms with Crippen molar-refractivity contribution >= 4 is 11.8 Å². The second-order valence-corrected chi connectivity index (χ2v) is 7.25. The van der Waals surface area contributed by atoms with E-state index in [1.54, 1.807) is 12.4 Å². The van der Waals surface area contributed by atoms with Crippen LogP contribution in [0.25, 0.3) is 0 Å². The van der Waals surface area contributed by atoms with Crippen LogP contribution >= 0.6 is 0 Å². The number of amides is 2. The van der Waals surface area contributed by atoms with Gasteiger partial charge in [0.1, 0.15) is 0 Å². The van der Waals surface area contributed by atoms with Gasteiger partial charge in [-0.2, -0.15) is 0 Å². The molecule has 0 radical (unpaired) electrons. The predicted octanol–water partition coefficient (Wildman–Crippen LogP) is 0.899. The lowest BCUT2D eigenvalue weighted by molar-refractivity contribution is -0.143. The number of likely N-dealkylation sites (tertiary alicyclic amines) is 2. The monoisotopic (exact) mass is 346 g/mol. The number of aliphatic hydroxyl groups is 1. The first kappa shape index (κ1) is 17.8. The standard InChI is InChI=1S/C18H26N4O3/c1-14-10-20-15(11-19-14)12-22-13-18(4-2-16(22)24)5-7-21(8-6-18)17(25)3-9-23/h10-11,23H,2-9,12-13H2,1H3. The molecular weight excluding hydrogens is 320 g/mol. The number of carbonyl (C=O) groups excluding carboxylic acids is 2. The van der Waals surface area contributed by atoms with E-state index in [1.165, 1.54) is 0 Å². The third-order valence-electron chi connectivity index (χ3n) is 5.44. The summed E-state index contributed by atoms with van der Waals surface area (Å²) >= 11 is 0. The smallest absolute Gasteiger partial charge is 0.224 e. The first-order valence-electron chi connectivity index (χ1n) is 8.95. The molecule has 7 nitrogen and oxygen atoms in total. The highest BCUT2D eigenvalue weighted by molar-refractivity contribution is 5.77. The van der Waals surface area contributed by atoms with Crippen LogP contribution in [0.2, 0.25) is 0 Å². The number of aromatic nitrogens is 2. The Labute approximate surface area is 148 Å². The Morgan fingerprint density at radius 1 is 1.24 bits per heavy atom. The highest BCUT2D eigenvalue weighted by Gasteiger charge is 2.41. The van der Waals surface area contributed by atoms with Gasteiger partial charge in [0.2, 0.25) is 11.8 Å². The third-order valence-corrected chi connectivity index (χ3v) is 5.44. The highest BCUT2D eigenvalue weighted by Crippen LogP contribution is 2.40. The number of nitrogens with zero attached hydrogens (tertiary/aromatic N) is 4. The largest absolute Gasteiger partial charge is 0.396 e. The first-order valence-corrected chi connectivity index (χ1v) is 8.95. The Morgan fingerprint density at radius 2 is 2.00 bits per heavy atom. The van der Waals surface area contributed by atoms with Crippen molar-refractivity contribution < 1.29 is 14.7 Å². The average molecular weight is 346 g/mol. The molecule has 0 aromatic carbocycles. The summed E-state index contributed by atoms with van der Waals surface area (Å²) in [6, 6.07) is 0. The van der Waals surface area contributed by atoms with E-state index in [1.807, 2.05) is 16.7 Å². The number of carbonyl (C=O) groups is 2. The van der Waals surface area contributed by atoms with Gasteiger partial charge in [-0.25, -0.2) is 0 Å². The molecule has 1 aromatic rings. The number of hydrogen-bond donors (Lipinski definition) is 1. The van der Waals surface area contributed by atoms with Crippen LogP contribution in [0.4, 0.5) is 0 Å². The summed E-state index contributed by atoms with van der Waals surface area (Å²) < 4.78 is 0. The summed E-state index contributed by atoms with van der Waals surface area (Å²) in [6.45, 7) is 4.45. The Bertz CT molecular complexity index is 624. The van der Waals surface area contributed by atoms with E-state index in [9.17, 15) is 9.59 Å². The molecule has 1 aromatic heterocycles. The van der Waals surface area contributed by atoms with Crippen molar-refractivity contribution in [1.29, 1.82) is 0 Å². The number of aryl methyl sites for hydroxylation is 1. The molecule has 2 aliphatic heterocycles. The SMILES string of the molecule is Cc1cnc(CN2CC3(CCC2=O)CCN(C(=O)CCO)CC3)cn1. The van der Waals surface area contributed by atoms with Crippen molar-refractivity contribution in [3.63, 3.8) is 0 Å². The minimum Gasteiger partial charge on any atom is -0.396 e. The van der Waals surface area contributed by atoms with E-state index in [0.29, 0.717) is 26.1 Å². The lowest BCUT2D eigenvalue weighted by Crippen LogP contribution is -2.52. The molecule has 2 aliphatic rings. The maximum Gasteiger partial charge on any atom is 0.224 e. The molecule has 0 bridgehead atoms. The van der Waals surface area contributed by atoms with Gasteiger partial charge in [-0.15, -0.1) is 0 Å². The van der Waals surface area contributed by atoms with Gasteiger partial charge < -0.3 is 14.9 Å². The number of piperidine rings is 2. The maximum absolute atomic E-state index is 12.3. The summed E-state index contributed by atoms with van der Waals surface area (Å²) in [6.07, 6.45) is 6.93. The molecule has 0 atom stereocenters. The third kappa shape index (κ3) is 4.15. The van der Waals surface area contributed by atoms with Gasteiger partial charge in [0.15, 0.2) is 0 Å². The molecule has 2 fully saturated rings. The first-order chi connectivity index (χ1) is 12.0. The lowest BCUT2D eigenvalue weighted by atomic mass is 9.72. The van der Waals surface area contributed by atoms with Crippen molar-refractivity contribution in [2.24, 2.45) is 5.41 Å². The van der Waals surface area contributed by atoms with Crippen molar-refractivity contribution in [2.45, 2.75) is 45.6 Å². The zero-order valence-corrected chi connectivity index (χ0v) is 14.8. The number of rotatable bonds is 4. The van der Waals surface area contributed by atoms with Gasteiger partial charge in [-0.1, -0.05) is 0 Å². The molecule has 136 valence electrons. The van der Waals surface area contributed by atoms with E-state index in [4.69, 9.17) is 5.11 Å². The maximum atomic E-state index is 12.3. The van der Waals surface area contributed by atoms with E-state index in [2.05, 4.69) is 9.97 Å². The van der Waals surface area contributed by atoms with Crippen molar-refractivity contribution in [2.75, 3.05) is 26.2 Å². The summed E-state index contributed by atoms with van der Waals surface area (Å²) in [4.78, 5) is 36.6. The molecule has 7 heteroatoms. The second-order valence-electron chi connectivity index (χ2n) is 7.25. The van der Waals surface area contributed by atoms with E-state index >= 15 is 0 Å². The second kappa shape index (κ2) is 7.47. The normalized spacial score (nSPS) is 20.2. The summed E-state index contributed by atoms with van der Waals surface area (Å²) in [5.74, 6) is 0.197. The molecule has 2 saturated heterocycles. The Morgan fingerprint density at radius 3 is 2.64 bits per heavy atom. The molecule has 1 spiro atoms. The summed E-state index contributed by atoms with van der Waals surface area (Å²) in [7, 11) is 0. The van der Waals surface area contributed by atoms with E-state index in [-0.39, 0.29) is 30.3 Å². The average Bonchev–Trinajstić information content (AvgIpc) is 2.61. The fourth-order valence-electron chi connectivity index (χ4n) is 3.84. The van der Waals surface area contributed by atoms with E-state index < -0.39 is 0 Å². The topological polar surface area (TPSA) is 86.6 Å². The minimum absolute atomic E-state index is 0.0241. The Kier molecular flexibility index (Phi) is 5.32. The molecule has 0 unspecified atom stereocenters. The summed E-state index contributed by atoms with van der Waals surface area (Å²) in [5.41, 5.74) is 1.78. The molecule has 0 saturated carbocycles. The van der Waals surface area contributed by atoms with Gasteiger partial charge in [0, 0.05) is 38.7 Å². The Hall–Kier alpha value is -2.02. The van der Waals surface area contributed by atoms with Gasteiger partial charge in [0.25, 0.3) is 0 Å². The zero-order valence-electron chi connectivity index (χ0n) is 14.8. The molecule has 1 N–H and O–H groups in total. The van der Waals surface area contributed by atoms with Crippen LogP contribution in [0.1, 0.15) is 43.5 Å². The molecule has 0 aliphatic carbocycles. The fourth-order valence-corrected chi connectivity index (χ4v) is 3.84. The van der Waals surface area contributed by atoms with Gasteiger partial charge in [-0.3, -0.25) is 19.6 Å². The van der Waals surface area contributed by atoms with Crippen LogP contribution in [-0.4, -0.2) is 62.9 Å². The zero-order chi connectivity index (χ0) is 17.9. The van der Waals surface area contributed by atoms with E-state index in [0.717, 1.165) is 37.2 Å². The molecule has 25 heavy (non-hydrogen) atoms. The van der Waals surface area contributed by atoms with Gasteiger partial charge >= 0.3 is 0 Å². The summed E-state index contributed by atoms with van der Waals surface area (Å²) in [5, 5.41) is 8.93. The van der Waals surface area contributed by atoms with Crippen LogP contribution in [0.5, 0.6) is 0 Å². The van der Waals surface area contributed by atoms with Crippen LogP contribution in [0.15, 0.2) is 12.4 Å². The predicted molar refractivity (Wildman–Crippen MR) is 91.4 cm³/mol. The van der Waals surface area contributed by atoms with Gasteiger partial charge in [-0.05, 0) is 31.6 Å². The fraction of sp³-hybridized carbons (Fsp3) is 0.667. The van der Waals surface area contributed by atoms with Crippen LogP contribution < -0.4 is 0 Å². The van der Waals surface area contributed by atoms with Crippen LogP contribution in [-0.2, 0) is 16.1 Å². The quantitative estimate of drug-likeness (QED) is 0.875. The van der Waals surface area contributed by atoms with Crippen molar-refractivity contribution in [3.8, 4) is 0 Å². The highest BCUT2D eigenvalue weighted by atomic mass is 16.3. The minimum atomic E-state index is -0.0969. The molecule has 2 amide bonds. The number of hydrogen-bond acceptors (Lipinski definition) is 5. The lowest BCUT2D eigenvalue weighted by Gasteiger charge is -2.47. The van der Waals surface area contributed by atoms with Crippen molar-refractivity contribution in [3.05, 3.63) is 23.8 Å². The number of aliphatic hydroxyl groups excluding tert-OH is 1. The Balaban J connectivity index is 1.61. The van der Waals surface area contributed by atoms with Crippen LogP contribution in [0, 0.1) is 12.3 Å². The van der Waals surface area contributed by atoms with Crippen molar-refractivity contribution in [1.82, 2.24) is 19.8 Å². The molecular formula is C18H26N4O3. The molecule has 3 rings (SSSR count). The van der Waals surface area contributed by atoms with Crippen LogP contribution in [0.3, 0.4) is 0 Å².